The van der Waals surface area contributed by atoms with Crippen molar-refractivity contribution in [3.05, 3.63) is 88.4 Å². The molecule has 0 spiro atoms. The lowest BCUT2D eigenvalue weighted by Gasteiger charge is -2.29. The van der Waals surface area contributed by atoms with Gasteiger partial charge in [0.15, 0.2) is 0 Å². The van der Waals surface area contributed by atoms with Crippen molar-refractivity contribution in [2.75, 3.05) is 16.2 Å². The molecule has 5 nitrogen and oxygen atoms in total. The van der Waals surface area contributed by atoms with Crippen molar-refractivity contribution in [2.45, 2.75) is 23.9 Å². The van der Waals surface area contributed by atoms with Crippen LogP contribution in [0.3, 0.4) is 0 Å². The first-order chi connectivity index (χ1) is 15.6. The molecule has 0 aliphatic carbocycles. The third kappa shape index (κ3) is 4.84. The summed E-state index contributed by atoms with van der Waals surface area (Å²) in [7, 11) is -4.29. The lowest BCUT2D eigenvalue weighted by atomic mass is 10.0. The lowest BCUT2D eigenvalue weighted by Crippen LogP contribution is -2.35. The van der Waals surface area contributed by atoms with Crippen LogP contribution in [0.2, 0.25) is 5.02 Å². The van der Waals surface area contributed by atoms with E-state index in [4.69, 9.17) is 11.6 Å². The van der Waals surface area contributed by atoms with Crippen LogP contribution in [0.15, 0.2) is 71.6 Å². The molecule has 1 heterocycles. The van der Waals surface area contributed by atoms with Crippen LogP contribution in [0, 0.1) is 0 Å². The maximum Gasteiger partial charge on any atom is 0.416 e. The highest BCUT2D eigenvalue weighted by molar-refractivity contribution is 7.92. The molecule has 4 rings (SSSR count). The van der Waals surface area contributed by atoms with E-state index in [0.29, 0.717) is 12.6 Å². The summed E-state index contributed by atoms with van der Waals surface area (Å²) in [6.45, 7) is 0.450. The summed E-state index contributed by atoms with van der Waals surface area (Å²) in [4.78, 5) is 14.5. The van der Waals surface area contributed by atoms with Crippen LogP contribution >= 0.6 is 11.6 Å². The van der Waals surface area contributed by atoms with Gasteiger partial charge in [0.25, 0.3) is 15.9 Å². The van der Waals surface area contributed by atoms with E-state index in [1.165, 1.54) is 18.2 Å². The van der Waals surface area contributed by atoms with Crippen LogP contribution in [-0.2, 0) is 22.6 Å². The van der Waals surface area contributed by atoms with E-state index in [0.717, 1.165) is 42.3 Å². The van der Waals surface area contributed by atoms with Crippen LogP contribution in [0.4, 0.5) is 24.5 Å². The Bertz CT molecular complexity index is 1330. The van der Waals surface area contributed by atoms with Gasteiger partial charge >= 0.3 is 6.18 Å². The fraction of sp³-hybridized carbons (Fsp3) is 0.174. The second kappa shape index (κ2) is 8.72. The molecule has 1 amide bonds. The molecule has 0 saturated carbocycles. The van der Waals surface area contributed by atoms with Gasteiger partial charge in [-0.3, -0.25) is 9.52 Å². The topological polar surface area (TPSA) is 66.5 Å². The molecule has 0 unspecified atom stereocenters. The van der Waals surface area contributed by atoms with Gasteiger partial charge in [0.05, 0.1) is 21.0 Å². The highest BCUT2D eigenvalue weighted by Gasteiger charge is 2.31. The second-order valence-electron chi connectivity index (χ2n) is 7.51. The first-order valence-corrected chi connectivity index (χ1v) is 11.8. The molecule has 1 aliphatic rings. The van der Waals surface area contributed by atoms with Crippen LogP contribution in [0.25, 0.3) is 0 Å². The summed E-state index contributed by atoms with van der Waals surface area (Å²) in [6, 6.07) is 14.9. The average molecular weight is 495 g/mol. The third-order valence-electron chi connectivity index (χ3n) is 5.28. The minimum absolute atomic E-state index is 0.0136. The smallest absolute Gasteiger partial charge is 0.308 e. The highest BCUT2D eigenvalue weighted by Crippen LogP contribution is 2.33. The van der Waals surface area contributed by atoms with Crippen molar-refractivity contribution in [2.24, 2.45) is 0 Å². The number of aryl methyl sites for hydroxylation is 1. The quantitative estimate of drug-likeness (QED) is 0.502. The van der Waals surface area contributed by atoms with Crippen LogP contribution in [0.5, 0.6) is 0 Å². The first kappa shape index (κ1) is 23.1. The van der Waals surface area contributed by atoms with Crippen molar-refractivity contribution in [3.63, 3.8) is 0 Å². The molecule has 1 aliphatic heterocycles. The van der Waals surface area contributed by atoms with Crippen molar-refractivity contribution in [3.8, 4) is 0 Å². The Morgan fingerprint density at radius 2 is 1.76 bits per heavy atom. The number of nitrogens with zero attached hydrogens (tertiary/aromatic N) is 1. The molecule has 10 heteroatoms. The minimum Gasteiger partial charge on any atom is -0.308 e. The maximum atomic E-state index is 13.3. The number of rotatable bonds is 4. The Morgan fingerprint density at radius 1 is 1.00 bits per heavy atom. The van der Waals surface area contributed by atoms with Gasteiger partial charge in [0.1, 0.15) is 0 Å². The van der Waals surface area contributed by atoms with Crippen LogP contribution < -0.4 is 9.62 Å². The summed E-state index contributed by atoms with van der Waals surface area (Å²) >= 11 is 6.23. The van der Waals surface area contributed by atoms with E-state index in [9.17, 15) is 26.4 Å². The Balaban J connectivity index is 1.66. The van der Waals surface area contributed by atoms with Gasteiger partial charge in [-0.15, -0.1) is 0 Å². The van der Waals surface area contributed by atoms with Crippen molar-refractivity contribution >= 4 is 38.9 Å². The van der Waals surface area contributed by atoms with Gasteiger partial charge in [-0.25, -0.2) is 8.42 Å². The van der Waals surface area contributed by atoms with Gasteiger partial charge in [-0.2, -0.15) is 13.2 Å². The number of sulfonamides is 1. The molecule has 3 aromatic carbocycles. The van der Waals surface area contributed by atoms with E-state index in [1.807, 2.05) is 24.3 Å². The standard InChI is InChI=1S/C23H18ClF3N2O3S/c24-20-11-10-18(33(31,32)28-17-8-3-7-16(13-17)23(25,26)27)14-19(20)22(30)29-12-4-6-15-5-1-2-9-21(15)29/h1-3,5,7-11,13-14,28H,4,6,12H2. The molecule has 0 aromatic heterocycles. The third-order valence-corrected chi connectivity index (χ3v) is 6.98. The molecule has 172 valence electrons. The number of nitrogens with one attached hydrogen (secondary N) is 1. The summed E-state index contributed by atoms with van der Waals surface area (Å²) in [5.74, 6) is -0.455. The van der Waals surface area contributed by atoms with Gasteiger partial charge in [-0.05, 0) is 60.9 Å². The predicted octanol–water partition coefficient (Wildman–Crippen LogP) is 5.75. The molecular formula is C23H18ClF3N2O3S. The van der Waals surface area contributed by atoms with Crippen molar-refractivity contribution in [1.82, 2.24) is 0 Å². The predicted molar refractivity (Wildman–Crippen MR) is 120 cm³/mol. The molecule has 3 aromatic rings. The maximum absolute atomic E-state index is 13.3. The molecule has 1 N–H and O–H groups in total. The van der Waals surface area contributed by atoms with E-state index < -0.39 is 27.7 Å². The summed E-state index contributed by atoms with van der Waals surface area (Å²) in [5, 5.41) is 0.0704. The largest absolute Gasteiger partial charge is 0.416 e. The van der Waals surface area contributed by atoms with Gasteiger partial charge < -0.3 is 4.90 Å². The zero-order chi connectivity index (χ0) is 23.8. The summed E-state index contributed by atoms with van der Waals surface area (Å²) < 4.78 is 66.7. The number of halogens is 4. The molecule has 0 atom stereocenters. The first-order valence-electron chi connectivity index (χ1n) is 9.96. The van der Waals surface area contributed by atoms with Crippen LogP contribution in [-0.4, -0.2) is 20.9 Å². The Morgan fingerprint density at radius 3 is 2.52 bits per heavy atom. The van der Waals surface area contributed by atoms with E-state index in [2.05, 4.69) is 4.72 Å². The molecular weight excluding hydrogens is 477 g/mol. The molecule has 0 saturated heterocycles. The summed E-state index contributed by atoms with van der Waals surface area (Å²) in [6.07, 6.45) is -3.05. The molecule has 0 fully saturated rings. The Labute approximate surface area is 193 Å². The minimum atomic E-state index is -4.62. The van der Waals surface area contributed by atoms with Crippen molar-refractivity contribution < 1.29 is 26.4 Å². The van der Waals surface area contributed by atoms with Crippen LogP contribution in [0.1, 0.15) is 27.9 Å². The number of fused-ring (bicyclic) bond motifs is 1. The zero-order valence-electron chi connectivity index (χ0n) is 17.1. The molecule has 33 heavy (non-hydrogen) atoms. The highest BCUT2D eigenvalue weighted by atomic mass is 35.5. The lowest BCUT2D eigenvalue weighted by molar-refractivity contribution is -0.137. The second-order valence-corrected chi connectivity index (χ2v) is 9.60. The monoisotopic (exact) mass is 494 g/mol. The SMILES string of the molecule is O=C(c1cc(S(=O)(=O)Nc2cccc(C(F)(F)F)c2)ccc1Cl)N1CCCc2ccccc21. The average Bonchev–Trinajstić information content (AvgIpc) is 2.78. The van der Waals surface area contributed by atoms with Gasteiger partial charge in [0, 0.05) is 17.9 Å². The van der Waals surface area contributed by atoms with E-state index in [1.54, 1.807) is 4.90 Å². The fourth-order valence-electron chi connectivity index (χ4n) is 3.70. The number of carbonyl (C=O) groups is 1. The molecule has 0 radical (unpaired) electrons. The zero-order valence-corrected chi connectivity index (χ0v) is 18.6. The van der Waals surface area contributed by atoms with E-state index >= 15 is 0 Å². The Kier molecular flexibility index (Phi) is 6.11. The van der Waals surface area contributed by atoms with Crippen molar-refractivity contribution in [1.29, 1.82) is 0 Å². The normalized spacial score (nSPS) is 14.0. The number of para-hydroxylation sites is 1. The number of hydrogen-bond acceptors (Lipinski definition) is 3. The number of benzene rings is 3. The van der Waals surface area contributed by atoms with Gasteiger partial charge in [-0.1, -0.05) is 35.9 Å². The molecule has 0 bridgehead atoms. The number of carbonyl (C=O) groups excluding carboxylic acids is 1. The number of hydrogen-bond donors (Lipinski definition) is 1. The fourth-order valence-corrected chi connectivity index (χ4v) is 4.97. The number of alkyl halides is 3. The number of amides is 1. The number of anilines is 2. The Hall–Kier alpha value is -3.04. The van der Waals surface area contributed by atoms with Gasteiger partial charge in [0.2, 0.25) is 0 Å². The van der Waals surface area contributed by atoms with E-state index in [-0.39, 0.29) is 21.2 Å². The summed E-state index contributed by atoms with van der Waals surface area (Å²) in [5.41, 5.74) is 0.486.